The Balaban J connectivity index is 1.70. The number of aryl methyl sites for hydroxylation is 1. The molecular weight excluding hydrogens is 413 g/mol. The maximum atomic E-state index is 13.6. The molecule has 2 aliphatic rings. The van der Waals surface area contributed by atoms with Gasteiger partial charge in [0.25, 0.3) is 11.7 Å². The van der Waals surface area contributed by atoms with Crippen molar-refractivity contribution >= 4 is 23.1 Å². The molecule has 0 spiro atoms. The van der Waals surface area contributed by atoms with Crippen LogP contribution in [0.5, 0.6) is 11.5 Å². The first-order chi connectivity index (χ1) is 15.4. The zero-order valence-electron chi connectivity index (χ0n) is 17.0. The Labute approximate surface area is 183 Å². The quantitative estimate of drug-likeness (QED) is 0.376. The van der Waals surface area contributed by atoms with Gasteiger partial charge in [0.1, 0.15) is 11.6 Å². The molecule has 2 heterocycles. The number of ketones is 1. The van der Waals surface area contributed by atoms with Gasteiger partial charge in [-0.15, -0.1) is 0 Å². The summed E-state index contributed by atoms with van der Waals surface area (Å²) in [5, 5.41) is 11.1. The third-order valence-corrected chi connectivity index (χ3v) is 5.59. The van der Waals surface area contributed by atoms with Crippen LogP contribution in [-0.2, 0) is 9.59 Å². The van der Waals surface area contributed by atoms with Gasteiger partial charge in [-0.2, -0.15) is 0 Å². The number of nitrogens with zero attached hydrogens (tertiary/aromatic N) is 1. The first-order valence-electron chi connectivity index (χ1n) is 9.97. The Morgan fingerprint density at radius 3 is 2.38 bits per heavy atom. The van der Waals surface area contributed by atoms with E-state index < -0.39 is 23.5 Å². The van der Waals surface area contributed by atoms with Crippen LogP contribution in [0.4, 0.5) is 10.1 Å². The molecule has 1 fully saturated rings. The molecule has 3 aromatic carbocycles. The third-order valence-electron chi connectivity index (χ3n) is 5.59. The SMILES string of the molecule is Cc1ccc(N2C(=O)C(=O)/C(=C(\O)c3ccc4c(c3)OCO4)C2c2ccc(F)cc2)cc1. The number of halogens is 1. The molecule has 1 saturated heterocycles. The summed E-state index contributed by atoms with van der Waals surface area (Å²) in [7, 11) is 0. The number of aliphatic hydroxyl groups is 1. The molecule has 0 saturated carbocycles. The lowest BCUT2D eigenvalue weighted by Crippen LogP contribution is -2.29. The summed E-state index contributed by atoms with van der Waals surface area (Å²) in [5.41, 5.74) is 2.21. The van der Waals surface area contributed by atoms with Gasteiger partial charge in [0.2, 0.25) is 6.79 Å². The summed E-state index contributed by atoms with van der Waals surface area (Å²) in [6.45, 7) is 1.97. The zero-order valence-corrected chi connectivity index (χ0v) is 17.0. The van der Waals surface area contributed by atoms with Gasteiger partial charge in [-0.05, 0) is 55.0 Å². The van der Waals surface area contributed by atoms with Crippen LogP contribution in [0, 0.1) is 12.7 Å². The Morgan fingerprint density at radius 2 is 1.66 bits per heavy atom. The van der Waals surface area contributed by atoms with Gasteiger partial charge in [-0.25, -0.2) is 4.39 Å². The largest absolute Gasteiger partial charge is 0.507 e. The molecule has 0 aromatic heterocycles. The minimum Gasteiger partial charge on any atom is -0.507 e. The van der Waals surface area contributed by atoms with Crippen molar-refractivity contribution in [2.24, 2.45) is 0 Å². The molecule has 1 atom stereocenters. The van der Waals surface area contributed by atoms with Crippen molar-refractivity contribution in [3.63, 3.8) is 0 Å². The van der Waals surface area contributed by atoms with E-state index in [1.165, 1.54) is 29.2 Å². The summed E-state index contributed by atoms with van der Waals surface area (Å²) in [6, 6.07) is 16.5. The van der Waals surface area contributed by atoms with Crippen LogP contribution in [0.25, 0.3) is 5.76 Å². The second-order valence-corrected chi connectivity index (χ2v) is 7.62. The number of benzene rings is 3. The summed E-state index contributed by atoms with van der Waals surface area (Å²) in [4.78, 5) is 27.5. The van der Waals surface area contributed by atoms with Crippen molar-refractivity contribution in [3.8, 4) is 11.5 Å². The molecule has 1 unspecified atom stereocenters. The highest BCUT2D eigenvalue weighted by atomic mass is 19.1. The summed E-state index contributed by atoms with van der Waals surface area (Å²) >= 11 is 0. The van der Waals surface area contributed by atoms with E-state index in [9.17, 15) is 19.1 Å². The number of anilines is 1. The molecule has 5 rings (SSSR count). The fourth-order valence-electron chi connectivity index (χ4n) is 3.96. The Morgan fingerprint density at radius 1 is 0.969 bits per heavy atom. The van der Waals surface area contributed by atoms with Crippen molar-refractivity contribution in [3.05, 3.63) is 94.8 Å². The normalized spacial score (nSPS) is 18.9. The monoisotopic (exact) mass is 431 g/mol. The van der Waals surface area contributed by atoms with E-state index in [1.807, 2.05) is 19.1 Å². The van der Waals surface area contributed by atoms with E-state index in [2.05, 4.69) is 0 Å². The molecule has 0 aliphatic carbocycles. The maximum Gasteiger partial charge on any atom is 0.300 e. The number of rotatable bonds is 3. The fraction of sp³-hybridized carbons (Fsp3) is 0.120. The van der Waals surface area contributed by atoms with E-state index in [0.29, 0.717) is 28.3 Å². The first kappa shape index (κ1) is 19.8. The van der Waals surface area contributed by atoms with Crippen LogP contribution in [-0.4, -0.2) is 23.6 Å². The summed E-state index contributed by atoms with van der Waals surface area (Å²) in [5.74, 6) is -1.43. The second kappa shape index (κ2) is 7.53. The van der Waals surface area contributed by atoms with E-state index in [-0.39, 0.29) is 18.1 Å². The molecule has 1 amide bonds. The highest BCUT2D eigenvalue weighted by molar-refractivity contribution is 6.51. The minimum absolute atomic E-state index is 0.0624. The maximum absolute atomic E-state index is 13.6. The predicted molar refractivity (Wildman–Crippen MR) is 115 cm³/mol. The number of fused-ring (bicyclic) bond motifs is 1. The van der Waals surface area contributed by atoms with Crippen molar-refractivity contribution in [2.45, 2.75) is 13.0 Å². The number of amides is 1. The number of hydrogen-bond acceptors (Lipinski definition) is 5. The van der Waals surface area contributed by atoms with E-state index in [1.54, 1.807) is 30.3 Å². The molecule has 2 aliphatic heterocycles. The average Bonchev–Trinajstić information content (AvgIpc) is 3.37. The molecule has 32 heavy (non-hydrogen) atoms. The Hall–Kier alpha value is -4.13. The van der Waals surface area contributed by atoms with Crippen LogP contribution in [0.1, 0.15) is 22.7 Å². The van der Waals surface area contributed by atoms with Crippen LogP contribution in [0.15, 0.2) is 72.3 Å². The Bertz CT molecular complexity index is 1260. The number of Topliss-reactive ketones (excluding diaryl/α,β-unsaturated/α-hetero) is 1. The van der Waals surface area contributed by atoms with E-state index in [4.69, 9.17) is 9.47 Å². The molecule has 0 bridgehead atoms. The summed E-state index contributed by atoms with van der Waals surface area (Å²) in [6.07, 6.45) is 0. The van der Waals surface area contributed by atoms with Crippen LogP contribution < -0.4 is 14.4 Å². The standard InChI is InChI=1S/C25H18FNO5/c1-14-2-9-18(10-3-14)27-22(15-4-7-17(26)8-5-15)21(24(29)25(27)30)23(28)16-6-11-19-20(12-16)32-13-31-19/h2-12,22,28H,13H2,1H3/b23-21-. The molecule has 3 aromatic rings. The minimum atomic E-state index is -0.927. The van der Waals surface area contributed by atoms with Crippen LogP contribution in [0.2, 0.25) is 0 Å². The van der Waals surface area contributed by atoms with Gasteiger partial charge in [-0.1, -0.05) is 29.8 Å². The van der Waals surface area contributed by atoms with Gasteiger partial charge < -0.3 is 14.6 Å². The lowest BCUT2D eigenvalue weighted by molar-refractivity contribution is -0.132. The van der Waals surface area contributed by atoms with Gasteiger partial charge >= 0.3 is 0 Å². The fourth-order valence-corrected chi connectivity index (χ4v) is 3.96. The average molecular weight is 431 g/mol. The molecular formula is C25H18FNO5. The van der Waals surface area contributed by atoms with Crippen molar-refractivity contribution in [1.82, 2.24) is 0 Å². The van der Waals surface area contributed by atoms with E-state index in [0.717, 1.165) is 5.56 Å². The lowest BCUT2D eigenvalue weighted by Gasteiger charge is -2.25. The highest BCUT2D eigenvalue weighted by Gasteiger charge is 2.47. The smallest absolute Gasteiger partial charge is 0.300 e. The zero-order chi connectivity index (χ0) is 22.4. The summed E-state index contributed by atoms with van der Waals surface area (Å²) < 4.78 is 24.3. The third kappa shape index (κ3) is 3.19. The van der Waals surface area contributed by atoms with Gasteiger partial charge in [0.15, 0.2) is 11.5 Å². The number of aliphatic hydroxyl groups excluding tert-OH is 1. The van der Waals surface area contributed by atoms with Gasteiger partial charge in [0, 0.05) is 11.3 Å². The number of carbonyl (C=O) groups excluding carboxylic acids is 2. The molecule has 0 radical (unpaired) electrons. The van der Waals surface area contributed by atoms with Gasteiger partial charge in [-0.3, -0.25) is 14.5 Å². The molecule has 160 valence electrons. The molecule has 1 N–H and O–H groups in total. The number of ether oxygens (including phenoxy) is 2. The topological polar surface area (TPSA) is 76.1 Å². The number of carbonyl (C=O) groups is 2. The lowest BCUT2D eigenvalue weighted by atomic mass is 9.95. The Kier molecular flexibility index (Phi) is 4.66. The van der Waals surface area contributed by atoms with Crippen LogP contribution >= 0.6 is 0 Å². The second-order valence-electron chi connectivity index (χ2n) is 7.62. The van der Waals surface area contributed by atoms with Crippen molar-refractivity contribution < 1.29 is 28.6 Å². The van der Waals surface area contributed by atoms with Crippen molar-refractivity contribution in [2.75, 3.05) is 11.7 Å². The van der Waals surface area contributed by atoms with Crippen molar-refractivity contribution in [1.29, 1.82) is 0 Å². The predicted octanol–water partition coefficient (Wildman–Crippen LogP) is 4.49. The van der Waals surface area contributed by atoms with E-state index >= 15 is 0 Å². The first-order valence-corrected chi connectivity index (χ1v) is 9.97. The molecule has 6 nitrogen and oxygen atoms in total. The highest BCUT2D eigenvalue weighted by Crippen LogP contribution is 2.43. The molecule has 7 heteroatoms. The van der Waals surface area contributed by atoms with Crippen LogP contribution in [0.3, 0.4) is 0 Å². The van der Waals surface area contributed by atoms with Gasteiger partial charge in [0.05, 0.1) is 11.6 Å². The number of hydrogen-bond donors (Lipinski definition) is 1.